The number of benzene rings is 1. The number of hydrogen-bond donors (Lipinski definition) is 2. The van der Waals surface area contributed by atoms with E-state index in [0.717, 1.165) is 42.4 Å². The summed E-state index contributed by atoms with van der Waals surface area (Å²) in [5.74, 6) is 1.14. The molecular weight excluding hydrogens is 238 g/mol. The molecule has 0 spiro atoms. The molecule has 2 atom stereocenters. The van der Waals surface area contributed by atoms with Gasteiger partial charge in [0.1, 0.15) is 0 Å². The highest BCUT2D eigenvalue weighted by Gasteiger charge is 2.22. The van der Waals surface area contributed by atoms with Gasteiger partial charge in [-0.1, -0.05) is 37.1 Å². The number of hydrogen-bond acceptors (Lipinski definition) is 4. The number of rotatable bonds is 3. The van der Waals surface area contributed by atoms with E-state index in [0.29, 0.717) is 5.92 Å². The second kappa shape index (κ2) is 5.53. The molecule has 1 aliphatic carbocycles. The highest BCUT2D eigenvalue weighted by atomic mass is 16.3. The minimum atomic E-state index is -0.177. The molecule has 4 nitrogen and oxygen atoms in total. The van der Waals surface area contributed by atoms with Gasteiger partial charge in [0.15, 0.2) is 5.82 Å². The average molecular weight is 257 g/mol. The van der Waals surface area contributed by atoms with Crippen LogP contribution in [0.3, 0.4) is 0 Å². The molecule has 0 radical (unpaired) electrons. The molecule has 1 aromatic carbocycles. The van der Waals surface area contributed by atoms with E-state index < -0.39 is 0 Å². The van der Waals surface area contributed by atoms with Crippen LogP contribution in [0.25, 0.3) is 10.8 Å². The lowest BCUT2D eigenvalue weighted by atomic mass is 9.86. The van der Waals surface area contributed by atoms with Gasteiger partial charge in [-0.05, 0) is 12.8 Å². The summed E-state index contributed by atoms with van der Waals surface area (Å²) < 4.78 is 0. The van der Waals surface area contributed by atoms with Crippen molar-refractivity contribution in [3.8, 4) is 0 Å². The molecule has 1 aromatic heterocycles. The number of aliphatic hydroxyl groups excluding tert-OH is 1. The first-order valence-corrected chi connectivity index (χ1v) is 6.97. The fourth-order valence-corrected chi connectivity index (χ4v) is 2.81. The predicted octanol–water partition coefficient (Wildman–Crippen LogP) is 2.59. The van der Waals surface area contributed by atoms with E-state index in [9.17, 15) is 5.11 Å². The maximum Gasteiger partial charge on any atom is 0.156 e. The molecule has 4 heteroatoms. The normalized spacial score (nSPS) is 23.4. The maximum atomic E-state index is 9.98. The van der Waals surface area contributed by atoms with Gasteiger partial charge in [0.05, 0.1) is 12.3 Å². The molecular formula is C15H19N3O. The monoisotopic (exact) mass is 257 g/mol. The number of nitrogens with zero attached hydrogens (tertiary/aromatic N) is 2. The third kappa shape index (κ3) is 2.68. The lowest BCUT2D eigenvalue weighted by Gasteiger charge is -2.27. The zero-order chi connectivity index (χ0) is 13.1. The average Bonchev–Trinajstić information content (AvgIpc) is 2.46. The van der Waals surface area contributed by atoms with E-state index in [4.69, 9.17) is 0 Å². The first-order chi connectivity index (χ1) is 9.34. The van der Waals surface area contributed by atoms with Gasteiger partial charge < -0.3 is 10.4 Å². The molecule has 0 saturated heterocycles. The van der Waals surface area contributed by atoms with E-state index >= 15 is 0 Å². The van der Waals surface area contributed by atoms with Crippen LogP contribution in [0.1, 0.15) is 25.7 Å². The summed E-state index contributed by atoms with van der Waals surface area (Å²) in [6.45, 7) is 0.768. The van der Waals surface area contributed by atoms with E-state index in [1.165, 1.54) is 6.42 Å². The van der Waals surface area contributed by atoms with Gasteiger partial charge in [0.25, 0.3) is 0 Å². The van der Waals surface area contributed by atoms with Crippen molar-refractivity contribution in [2.24, 2.45) is 5.92 Å². The fraction of sp³-hybridized carbons (Fsp3) is 0.467. The molecule has 1 saturated carbocycles. The number of anilines is 1. The van der Waals surface area contributed by atoms with Crippen LogP contribution in [0.4, 0.5) is 5.82 Å². The van der Waals surface area contributed by atoms with Gasteiger partial charge in [-0.25, -0.2) is 0 Å². The Morgan fingerprint density at radius 3 is 2.95 bits per heavy atom. The molecule has 1 heterocycles. The highest BCUT2D eigenvalue weighted by Crippen LogP contribution is 2.25. The van der Waals surface area contributed by atoms with Crippen LogP contribution >= 0.6 is 0 Å². The number of fused-ring (bicyclic) bond motifs is 1. The van der Waals surface area contributed by atoms with Crippen LogP contribution < -0.4 is 5.32 Å². The second-order valence-corrected chi connectivity index (χ2v) is 5.27. The Morgan fingerprint density at radius 1 is 1.21 bits per heavy atom. The zero-order valence-corrected chi connectivity index (χ0v) is 10.9. The second-order valence-electron chi connectivity index (χ2n) is 5.27. The summed E-state index contributed by atoms with van der Waals surface area (Å²) in [4.78, 5) is 0. The molecule has 1 fully saturated rings. The Labute approximate surface area is 112 Å². The van der Waals surface area contributed by atoms with Crippen molar-refractivity contribution in [3.63, 3.8) is 0 Å². The first-order valence-electron chi connectivity index (χ1n) is 6.97. The van der Waals surface area contributed by atoms with E-state index in [2.05, 4.69) is 15.5 Å². The lowest BCUT2D eigenvalue weighted by Crippen LogP contribution is -2.30. The van der Waals surface area contributed by atoms with Gasteiger partial charge in [0.2, 0.25) is 0 Å². The van der Waals surface area contributed by atoms with Crippen LogP contribution in [0.2, 0.25) is 0 Å². The van der Waals surface area contributed by atoms with Crippen LogP contribution in [0, 0.1) is 5.92 Å². The van der Waals surface area contributed by atoms with Crippen LogP contribution in [-0.4, -0.2) is 28.0 Å². The van der Waals surface area contributed by atoms with Crippen LogP contribution in [0.5, 0.6) is 0 Å². The smallest absolute Gasteiger partial charge is 0.156 e. The predicted molar refractivity (Wildman–Crippen MR) is 76.0 cm³/mol. The summed E-state index contributed by atoms with van der Waals surface area (Å²) >= 11 is 0. The molecule has 19 heavy (non-hydrogen) atoms. The highest BCUT2D eigenvalue weighted by molar-refractivity contribution is 5.90. The Kier molecular flexibility index (Phi) is 3.60. The third-order valence-corrected chi connectivity index (χ3v) is 3.97. The molecule has 1 aliphatic rings. The third-order valence-electron chi connectivity index (χ3n) is 3.97. The molecule has 0 aliphatic heterocycles. The minimum absolute atomic E-state index is 0.177. The molecule has 2 N–H and O–H groups in total. The molecule has 100 valence electrons. The van der Waals surface area contributed by atoms with Crippen molar-refractivity contribution >= 4 is 16.6 Å². The van der Waals surface area contributed by atoms with E-state index in [-0.39, 0.29) is 6.10 Å². The lowest BCUT2D eigenvalue weighted by molar-refractivity contribution is 0.0763. The van der Waals surface area contributed by atoms with Crippen molar-refractivity contribution in [3.05, 3.63) is 30.5 Å². The summed E-state index contributed by atoms with van der Waals surface area (Å²) in [5.41, 5.74) is 0. The van der Waals surface area contributed by atoms with E-state index in [1.54, 1.807) is 6.20 Å². The van der Waals surface area contributed by atoms with Crippen molar-refractivity contribution < 1.29 is 5.11 Å². The zero-order valence-electron chi connectivity index (χ0n) is 10.9. The van der Waals surface area contributed by atoms with Gasteiger partial charge in [-0.3, -0.25) is 0 Å². The minimum Gasteiger partial charge on any atom is -0.393 e. The standard InChI is InChI=1S/C15H19N3O/c19-14-8-4-2-6-12(14)9-16-15-13-7-3-1-5-11(13)10-17-18-15/h1,3,5,7,10,12,14,19H,2,4,6,8-9H2,(H,16,18). The van der Waals surface area contributed by atoms with Gasteiger partial charge in [-0.15, -0.1) is 5.10 Å². The molecule has 0 bridgehead atoms. The topological polar surface area (TPSA) is 58.0 Å². The number of aromatic nitrogens is 2. The summed E-state index contributed by atoms with van der Waals surface area (Å²) in [7, 11) is 0. The maximum absolute atomic E-state index is 9.98. The first kappa shape index (κ1) is 12.4. The molecule has 2 aromatic rings. The van der Waals surface area contributed by atoms with Gasteiger partial charge in [0, 0.05) is 23.2 Å². The summed E-state index contributed by atoms with van der Waals surface area (Å²) in [6.07, 6.45) is 5.97. The SMILES string of the molecule is OC1CCCCC1CNc1nncc2ccccc12. The van der Waals surface area contributed by atoms with Crippen molar-refractivity contribution in [1.82, 2.24) is 10.2 Å². The molecule has 2 unspecified atom stereocenters. The summed E-state index contributed by atoms with van der Waals surface area (Å²) in [5, 5.41) is 23.7. The Hall–Kier alpha value is -1.68. The molecule has 0 amide bonds. The van der Waals surface area contributed by atoms with Crippen LogP contribution in [0.15, 0.2) is 30.5 Å². The van der Waals surface area contributed by atoms with E-state index in [1.807, 2.05) is 24.3 Å². The van der Waals surface area contributed by atoms with Gasteiger partial charge in [-0.2, -0.15) is 5.10 Å². The molecule has 3 rings (SSSR count). The number of nitrogens with one attached hydrogen (secondary N) is 1. The Bertz CT molecular complexity index is 553. The Morgan fingerprint density at radius 2 is 2.05 bits per heavy atom. The van der Waals surface area contributed by atoms with Crippen LogP contribution in [-0.2, 0) is 0 Å². The number of aliphatic hydroxyl groups is 1. The summed E-state index contributed by atoms with van der Waals surface area (Å²) in [6, 6.07) is 8.08. The largest absolute Gasteiger partial charge is 0.393 e. The van der Waals surface area contributed by atoms with Gasteiger partial charge >= 0.3 is 0 Å². The van der Waals surface area contributed by atoms with Crippen molar-refractivity contribution in [1.29, 1.82) is 0 Å². The fourth-order valence-electron chi connectivity index (χ4n) is 2.81. The quantitative estimate of drug-likeness (QED) is 0.887. The van der Waals surface area contributed by atoms with Crippen molar-refractivity contribution in [2.45, 2.75) is 31.8 Å². The Balaban J connectivity index is 1.74. The van der Waals surface area contributed by atoms with Crippen molar-refractivity contribution in [2.75, 3.05) is 11.9 Å².